The Labute approximate surface area is 125 Å². The van der Waals surface area contributed by atoms with Crippen LogP contribution in [0.15, 0.2) is 48.7 Å². The zero-order valence-corrected chi connectivity index (χ0v) is 12.4. The van der Waals surface area contributed by atoms with Gasteiger partial charge in [-0.25, -0.2) is 0 Å². The normalized spacial score (nSPS) is 11.8. The lowest BCUT2D eigenvalue weighted by molar-refractivity contribution is 0.706. The van der Waals surface area contributed by atoms with Gasteiger partial charge >= 0.3 is 0 Å². The van der Waals surface area contributed by atoms with E-state index in [0.717, 1.165) is 18.7 Å². The summed E-state index contributed by atoms with van der Waals surface area (Å²) < 4.78 is 0. The minimum Gasteiger partial charge on any atom is -0.388 e. The van der Waals surface area contributed by atoms with Gasteiger partial charge < -0.3 is 11.1 Å². The van der Waals surface area contributed by atoms with E-state index in [2.05, 4.69) is 41.5 Å². The number of aromatic nitrogens is 1. The molecule has 104 valence electrons. The van der Waals surface area contributed by atoms with Crippen LogP contribution >= 0.6 is 12.2 Å². The lowest BCUT2D eigenvalue weighted by Crippen LogP contribution is -2.12. The molecule has 1 aromatic carbocycles. The van der Waals surface area contributed by atoms with E-state index in [1.807, 2.05) is 18.2 Å². The highest BCUT2D eigenvalue weighted by molar-refractivity contribution is 7.80. The van der Waals surface area contributed by atoms with E-state index in [9.17, 15) is 0 Å². The van der Waals surface area contributed by atoms with Crippen LogP contribution in [0.25, 0.3) is 0 Å². The number of hydrogen-bond acceptors (Lipinski definition) is 3. The summed E-state index contributed by atoms with van der Waals surface area (Å²) in [6.07, 6.45) is 2.84. The van der Waals surface area contributed by atoms with E-state index >= 15 is 0 Å². The molecule has 0 bridgehead atoms. The minimum atomic E-state index is 0.328. The highest BCUT2D eigenvalue weighted by Crippen LogP contribution is 2.18. The summed E-state index contributed by atoms with van der Waals surface area (Å²) in [5.41, 5.74) is 8.53. The average molecular weight is 285 g/mol. The zero-order chi connectivity index (χ0) is 14.4. The molecule has 3 N–H and O–H groups in total. The lowest BCUT2D eigenvalue weighted by Gasteiger charge is -2.13. The van der Waals surface area contributed by atoms with Crippen molar-refractivity contribution in [3.05, 3.63) is 59.9 Å². The third-order valence-corrected chi connectivity index (χ3v) is 3.50. The molecule has 0 spiro atoms. The highest BCUT2D eigenvalue weighted by atomic mass is 32.1. The van der Waals surface area contributed by atoms with Crippen LogP contribution in [-0.4, -0.2) is 16.5 Å². The van der Waals surface area contributed by atoms with Crippen molar-refractivity contribution in [3.63, 3.8) is 0 Å². The summed E-state index contributed by atoms with van der Waals surface area (Å²) in [5.74, 6) is 0.535. The molecule has 0 aliphatic heterocycles. The van der Waals surface area contributed by atoms with Crippen LogP contribution in [0.2, 0.25) is 0 Å². The molecule has 2 aromatic rings. The summed E-state index contributed by atoms with van der Waals surface area (Å²) in [5, 5.41) is 3.36. The molecule has 0 aliphatic rings. The molecule has 1 aromatic heterocycles. The van der Waals surface area contributed by atoms with Crippen molar-refractivity contribution in [3.8, 4) is 0 Å². The van der Waals surface area contributed by atoms with Crippen LogP contribution in [0.3, 0.4) is 0 Å². The van der Waals surface area contributed by atoms with Gasteiger partial charge in [-0.2, -0.15) is 0 Å². The number of benzene rings is 1. The first-order valence-electron chi connectivity index (χ1n) is 6.71. The second-order valence-corrected chi connectivity index (χ2v) is 5.26. The van der Waals surface area contributed by atoms with Gasteiger partial charge in [0.1, 0.15) is 4.99 Å². The third kappa shape index (κ3) is 4.03. The SMILES string of the molecule is CC(CCNc1ccc(C(N)=S)nc1)c1ccccc1. The van der Waals surface area contributed by atoms with Crippen LogP contribution < -0.4 is 11.1 Å². The fourth-order valence-corrected chi connectivity index (χ4v) is 2.15. The van der Waals surface area contributed by atoms with Gasteiger partial charge in [-0.1, -0.05) is 49.5 Å². The number of hydrogen-bond donors (Lipinski definition) is 2. The molecule has 3 nitrogen and oxygen atoms in total. The van der Waals surface area contributed by atoms with Crippen LogP contribution in [0.1, 0.15) is 30.5 Å². The van der Waals surface area contributed by atoms with E-state index < -0.39 is 0 Å². The minimum absolute atomic E-state index is 0.328. The molecule has 0 radical (unpaired) electrons. The maximum absolute atomic E-state index is 5.52. The van der Waals surface area contributed by atoms with Crippen LogP contribution in [0.4, 0.5) is 5.69 Å². The molecular formula is C16H19N3S. The fraction of sp³-hybridized carbons (Fsp3) is 0.250. The Morgan fingerprint density at radius 1 is 1.25 bits per heavy atom. The summed E-state index contributed by atoms with van der Waals surface area (Å²) >= 11 is 4.88. The fourth-order valence-electron chi connectivity index (χ4n) is 2.03. The lowest BCUT2D eigenvalue weighted by atomic mass is 9.98. The Kier molecular flexibility index (Phi) is 5.07. The first-order valence-corrected chi connectivity index (χ1v) is 7.12. The molecule has 1 heterocycles. The van der Waals surface area contributed by atoms with Gasteiger partial charge in [0.15, 0.2) is 0 Å². The van der Waals surface area contributed by atoms with Gasteiger partial charge in [0.05, 0.1) is 17.6 Å². The Hall–Kier alpha value is -1.94. The van der Waals surface area contributed by atoms with Crippen molar-refractivity contribution < 1.29 is 0 Å². The molecule has 1 unspecified atom stereocenters. The van der Waals surface area contributed by atoms with Gasteiger partial charge in [-0.15, -0.1) is 0 Å². The van der Waals surface area contributed by atoms with Gasteiger partial charge in [0, 0.05) is 6.54 Å². The molecule has 0 fully saturated rings. The number of anilines is 1. The van der Waals surface area contributed by atoms with E-state index in [-0.39, 0.29) is 0 Å². The Morgan fingerprint density at radius 2 is 2.00 bits per heavy atom. The van der Waals surface area contributed by atoms with Gasteiger partial charge in [0.25, 0.3) is 0 Å². The molecule has 0 aliphatic carbocycles. The maximum atomic E-state index is 5.52. The molecule has 0 saturated carbocycles. The van der Waals surface area contributed by atoms with Crippen molar-refractivity contribution >= 4 is 22.9 Å². The van der Waals surface area contributed by atoms with Crippen molar-refractivity contribution in [1.82, 2.24) is 4.98 Å². The number of pyridine rings is 1. The molecular weight excluding hydrogens is 266 g/mol. The monoisotopic (exact) mass is 285 g/mol. The second-order valence-electron chi connectivity index (χ2n) is 4.82. The Morgan fingerprint density at radius 3 is 2.60 bits per heavy atom. The quantitative estimate of drug-likeness (QED) is 0.799. The van der Waals surface area contributed by atoms with Gasteiger partial charge in [0.2, 0.25) is 0 Å². The predicted molar refractivity (Wildman–Crippen MR) is 88.1 cm³/mol. The zero-order valence-electron chi connectivity index (χ0n) is 11.5. The van der Waals surface area contributed by atoms with Crippen molar-refractivity contribution in [2.24, 2.45) is 5.73 Å². The summed E-state index contributed by atoms with van der Waals surface area (Å²) in [6, 6.07) is 14.3. The highest BCUT2D eigenvalue weighted by Gasteiger charge is 2.04. The first-order chi connectivity index (χ1) is 9.66. The summed E-state index contributed by atoms with van der Waals surface area (Å²) in [4.78, 5) is 4.53. The predicted octanol–water partition coefficient (Wildman–Crippen LogP) is 3.32. The van der Waals surface area contributed by atoms with Crippen molar-refractivity contribution in [2.45, 2.75) is 19.3 Å². The Balaban J connectivity index is 1.82. The van der Waals surface area contributed by atoms with E-state index in [0.29, 0.717) is 16.6 Å². The molecule has 4 heteroatoms. The topological polar surface area (TPSA) is 50.9 Å². The average Bonchev–Trinajstić information content (AvgIpc) is 2.48. The second kappa shape index (κ2) is 7.01. The molecule has 2 rings (SSSR count). The van der Waals surface area contributed by atoms with Gasteiger partial charge in [-0.3, -0.25) is 4.98 Å². The number of nitrogens with two attached hydrogens (primary N) is 1. The third-order valence-electron chi connectivity index (χ3n) is 3.29. The maximum Gasteiger partial charge on any atom is 0.122 e. The Bertz CT molecular complexity index is 552. The summed E-state index contributed by atoms with van der Waals surface area (Å²) in [7, 11) is 0. The molecule has 1 atom stereocenters. The van der Waals surface area contributed by atoms with E-state index in [1.165, 1.54) is 5.56 Å². The number of thiocarbonyl (C=S) groups is 1. The van der Waals surface area contributed by atoms with Crippen LogP contribution in [-0.2, 0) is 0 Å². The smallest absolute Gasteiger partial charge is 0.122 e. The van der Waals surface area contributed by atoms with E-state index in [1.54, 1.807) is 6.20 Å². The summed E-state index contributed by atoms with van der Waals surface area (Å²) in [6.45, 7) is 3.15. The standard InChI is InChI=1S/C16H19N3S/c1-12(13-5-3-2-4-6-13)9-10-18-14-7-8-15(16(17)20)19-11-14/h2-8,11-12,18H,9-10H2,1H3,(H2,17,20). The molecule has 0 saturated heterocycles. The van der Waals surface area contributed by atoms with Gasteiger partial charge in [-0.05, 0) is 30.0 Å². The molecule has 0 amide bonds. The van der Waals surface area contributed by atoms with E-state index in [4.69, 9.17) is 18.0 Å². The molecule has 20 heavy (non-hydrogen) atoms. The number of nitrogens with zero attached hydrogens (tertiary/aromatic N) is 1. The number of nitrogens with one attached hydrogen (secondary N) is 1. The van der Waals surface area contributed by atoms with Crippen LogP contribution in [0.5, 0.6) is 0 Å². The van der Waals surface area contributed by atoms with Crippen molar-refractivity contribution in [2.75, 3.05) is 11.9 Å². The van der Waals surface area contributed by atoms with Crippen LogP contribution in [0, 0.1) is 0 Å². The first kappa shape index (κ1) is 14.5. The largest absolute Gasteiger partial charge is 0.388 e. The van der Waals surface area contributed by atoms with Crippen molar-refractivity contribution in [1.29, 1.82) is 0 Å². The number of rotatable bonds is 6.